The molecule has 14 heavy (non-hydrogen) atoms. The van der Waals surface area contributed by atoms with Gasteiger partial charge in [-0.3, -0.25) is 0 Å². The fraction of sp³-hybridized carbons (Fsp3) is 1.00. The predicted molar refractivity (Wildman–Crippen MR) is 58.2 cm³/mol. The topological polar surface area (TPSA) is 23.5 Å². The lowest BCUT2D eigenvalue weighted by molar-refractivity contribution is -0.172. The minimum absolute atomic E-state index is 0.337. The quantitative estimate of drug-likeness (QED) is 0.694. The predicted octanol–water partition coefficient (Wildman–Crippen LogP) is 1.88. The zero-order valence-electron chi connectivity index (χ0n) is 9.71. The third-order valence-electron chi connectivity index (χ3n) is 4.48. The van der Waals surface area contributed by atoms with Crippen molar-refractivity contribution in [2.75, 3.05) is 20.1 Å². The molecular formula is C12H23NO. The molecule has 0 aromatic rings. The van der Waals surface area contributed by atoms with Gasteiger partial charge < -0.3 is 10.0 Å². The van der Waals surface area contributed by atoms with E-state index in [9.17, 15) is 5.11 Å². The van der Waals surface area contributed by atoms with E-state index in [-0.39, 0.29) is 5.60 Å². The molecule has 0 unspecified atom stereocenters. The SMILES string of the molecule is CC(C)C1(O)CC2(CCN(C)CC2)C1. The van der Waals surface area contributed by atoms with E-state index < -0.39 is 0 Å². The van der Waals surface area contributed by atoms with Crippen molar-refractivity contribution in [2.45, 2.75) is 45.1 Å². The number of nitrogens with zero attached hydrogens (tertiary/aromatic N) is 1. The number of rotatable bonds is 1. The molecule has 1 aliphatic carbocycles. The molecule has 1 heterocycles. The maximum atomic E-state index is 10.3. The molecule has 0 atom stereocenters. The molecule has 82 valence electrons. The van der Waals surface area contributed by atoms with Crippen molar-refractivity contribution in [1.82, 2.24) is 4.90 Å². The summed E-state index contributed by atoms with van der Waals surface area (Å²) < 4.78 is 0. The monoisotopic (exact) mass is 197 g/mol. The first-order chi connectivity index (χ1) is 6.46. The van der Waals surface area contributed by atoms with Gasteiger partial charge in [0.1, 0.15) is 0 Å². The largest absolute Gasteiger partial charge is 0.390 e. The summed E-state index contributed by atoms with van der Waals surface area (Å²) in [5, 5.41) is 10.3. The van der Waals surface area contributed by atoms with Crippen molar-refractivity contribution >= 4 is 0 Å². The number of aliphatic hydroxyl groups is 1. The van der Waals surface area contributed by atoms with Crippen LogP contribution in [-0.2, 0) is 0 Å². The fourth-order valence-corrected chi connectivity index (χ4v) is 3.10. The molecule has 1 saturated carbocycles. The van der Waals surface area contributed by atoms with Gasteiger partial charge in [-0.15, -0.1) is 0 Å². The summed E-state index contributed by atoms with van der Waals surface area (Å²) in [5.74, 6) is 0.424. The van der Waals surface area contributed by atoms with Crippen LogP contribution in [0.25, 0.3) is 0 Å². The standard InChI is InChI=1S/C12H23NO/c1-10(2)12(14)8-11(9-12)4-6-13(3)7-5-11/h10,14H,4-9H2,1-3H3. The molecule has 0 radical (unpaired) electrons. The summed E-state index contributed by atoms with van der Waals surface area (Å²) in [6.45, 7) is 6.71. The van der Waals surface area contributed by atoms with Gasteiger partial charge in [0.15, 0.2) is 0 Å². The van der Waals surface area contributed by atoms with Crippen LogP contribution in [0.3, 0.4) is 0 Å². The Bertz CT molecular complexity index is 208. The molecule has 0 aromatic heterocycles. The van der Waals surface area contributed by atoms with Crippen molar-refractivity contribution in [1.29, 1.82) is 0 Å². The second-order valence-corrected chi connectivity index (χ2v) is 5.92. The van der Waals surface area contributed by atoms with E-state index in [2.05, 4.69) is 25.8 Å². The highest BCUT2D eigenvalue weighted by Crippen LogP contribution is 2.57. The molecule has 0 aromatic carbocycles. The Morgan fingerprint density at radius 2 is 1.64 bits per heavy atom. The Morgan fingerprint density at radius 3 is 2.07 bits per heavy atom. The van der Waals surface area contributed by atoms with Crippen molar-refractivity contribution < 1.29 is 5.11 Å². The lowest BCUT2D eigenvalue weighted by Gasteiger charge is -2.58. The normalized spacial score (nSPS) is 30.6. The molecule has 1 saturated heterocycles. The summed E-state index contributed by atoms with van der Waals surface area (Å²) >= 11 is 0. The molecule has 2 rings (SSSR count). The van der Waals surface area contributed by atoms with Crippen LogP contribution in [0, 0.1) is 11.3 Å². The summed E-state index contributed by atoms with van der Waals surface area (Å²) in [6, 6.07) is 0. The van der Waals surface area contributed by atoms with E-state index >= 15 is 0 Å². The third-order valence-corrected chi connectivity index (χ3v) is 4.48. The fourth-order valence-electron chi connectivity index (χ4n) is 3.10. The Hall–Kier alpha value is -0.0800. The van der Waals surface area contributed by atoms with E-state index in [1.165, 1.54) is 25.9 Å². The van der Waals surface area contributed by atoms with Gasteiger partial charge in [0, 0.05) is 0 Å². The Labute approximate surface area is 87.3 Å². The van der Waals surface area contributed by atoms with Gasteiger partial charge in [-0.05, 0) is 57.2 Å². The van der Waals surface area contributed by atoms with Gasteiger partial charge in [0.05, 0.1) is 5.60 Å². The lowest BCUT2D eigenvalue weighted by atomic mass is 9.52. The number of hydrogen-bond acceptors (Lipinski definition) is 2. The maximum Gasteiger partial charge on any atom is 0.0681 e. The molecule has 2 aliphatic rings. The van der Waals surface area contributed by atoms with Crippen molar-refractivity contribution in [3.05, 3.63) is 0 Å². The first kappa shape index (κ1) is 10.4. The summed E-state index contributed by atoms with van der Waals surface area (Å²) in [5.41, 5.74) is 0.168. The Morgan fingerprint density at radius 1 is 1.14 bits per heavy atom. The first-order valence-corrected chi connectivity index (χ1v) is 5.87. The second-order valence-electron chi connectivity index (χ2n) is 5.92. The lowest BCUT2D eigenvalue weighted by Crippen LogP contribution is -2.58. The van der Waals surface area contributed by atoms with Gasteiger partial charge >= 0.3 is 0 Å². The van der Waals surface area contributed by atoms with Gasteiger partial charge in [-0.25, -0.2) is 0 Å². The van der Waals surface area contributed by atoms with Crippen LogP contribution in [0.4, 0.5) is 0 Å². The molecule has 1 N–H and O–H groups in total. The molecule has 0 amide bonds. The van der Waals surface area contributed by atoms with Crippen LogP contribution in [0.1, 0.15) is 39.5 Å². The van der Waals surface area contributed by atoms with Crippen LogP contribution in [-0.4, -0.2) is 35.7 Å². The zero-order valence-corrected chi connectivity index (χ0v) is 9.71. The minimum atomic E-state index is -0.337. The van der Waals surface area contributed by atoms with Crippen LogP contribution < -0.4 is 0 Å². The molecule has 2 fully saturated rings. The number of likely N-dealkylation sites (tertiary alicyclic amines) is 1. The first-order valence-electron chi connectivity index (χ1n) is 5.87. The van der Waals surface area contributed by atoms with Gasteiger partial charge in [-0.2, -0.15) is 0 Å². The molecule has 1 aliphatic heterocycles. The Balaban J connectivity index is 1.92. The molecule has 0 bridgehead atoms. The summed E-state index contributed by atoms with van der Waals surface area (Å²) in [4.78, 5) is 2.40. The summed E-state index contributed by atoms with van der Waals surface area (Å²) in [7, 11) is 2.19. The third kappa shape index (κ3) is 1.59. The maximum absolute atomic E-state index is 10.3. The number of piperidine rings is 1. The van der Waals surface area contributed by atoms with Crippen LogP contribution >= 0.6 is 0 Å². The molecule has 2 nitrogen and oxygen atoms in total. The van der Waals surface area contributed by atoms with Gasteiger partial charge in [0.25, 0.3) is 0 Å². The van der Waals surface area contributed by atoms with Crippen molar-refractivity contribution in [3.63, 3.8) is 0 Å². The van der Waals surface area contributed by atoms with E-state index in [0.29, 0.717) is 11.3 Å². The minimum Gasteiger partial charge on any atom is -0.390 e. The number of hydrogen-bond donors (Lipinski definition) is 1. The van der Waals surface area contributed by atoms with E-state index in [0.717, 1.165) is 12.8 Å². The van der Waals surface area contributed by atoms with Crippen molar-refractivity contribution in [3.8, 4) is 0 Å². The molecule has 1 spiro atoms. The van der Waals surface area contributed by atoms with Crippen molar-refractivity contribution in [2.24, 2.45) is 11.3 Å². The van der Waals surface area contributed by atoms with Crippen LogP contribution in [0.2, 0.25) is 0 Å². The average Bonchev–Trinajstić information content (AvgIpc) is 2.07. The van der Waals surface area contributed by atoms with E-state index in [1.807, 2.05) is 0 Å². The van der Waals surface area contributed by atoms with E-state index in [4.69, 9.17) is 0 Å². The Kier molecular flexibility index (Phi) is 2.39. The second kappa shape index (κ2) is 3.21. The van der Waals surface area contributed by atoms with E-state index in [1.54, 1.807) is 0 Å². The van der Waals surface area contributed by atoms with Crippen LogP contribution in [0.15, 0.2) is 0 Å². The zero-order chi connectivity index (χ0) is 10.4. The highest BCUT2D eigenvalue weighted by atomic mass is 16.3. The highest BCUT2D eigenvalue weighted by molar-refractivity contribution is 5.06. The summed E-state index contributed by atoms with van der Waals surface area (Å²) in [6.07, 6.45) is 4.67. The van der Waals surface area contributed by atoms with Crippen LogP contribution in [0.5, 0.6) is 0 Å². The molecular weight excluding hydrogens is 174 g/mol. The molecule has 2 heteroatoms. The smallest absolute Gasteiger partial charge is 0.0681 e. The highest BCUT2D eigenvalue weighted by Gasteiger charge is 2.55. The van der Waals surface area contributed by atoms with Gasteiger partial charge in [0.2, 0.25) is 0 Å². The average molecular weight is 197 g/mol. The van der Waals surface area contributed by atoms with Gasteiger partial charge in [-0.1, -0.05) is 13.8 Å².